The van der Waals surface area contributed by atoms with Crippen molar-refractivity contribution >= 4 is 23.2 Å². The van der Waals surface area contributed by atoms with Crippen LogP contribution in [0.15, 0.2) is 47.0 Å². The number of nitrogens with one attached hydrogen (secondary N) is 1. The van der Waals surface area contributed by atoms with Crippen LogP contribution >= 0.6 is 0 Å². The van der Waals surface area contributed by atoms with Crippen LogP contribution in [0.4, 0.5) is 10.4 Å². The summed E-state index contributed by atoms with van der Waals surface area (Å²) >= 11 is 0. The van der Waals surface area contributed by atoms with Gasteiger partial charge in [0, 0.05) is 31.7 Å². The number of hydrogen-bond acceptors (Lipinski definition) is 5. The van der Waals surface area contributed by atoms with E-state index in [1.54, 1.807) is 18.3 Å². The van der Waals surface area contributed by atoms with Gasteiger partial charge in [-0.15, -0.1) is 0 Å². The average molecular weight is 354 g/mol. The van der Waals surface area contributed by atoms with Gasteiger partial charge in [0.25, 0.3) is 6.01 Å². The van der Waals surface area contributed by atoms with Crippen molar-refractivity contribution in [1.29, 1.82) is 0 Å². The van der Waals surface area contributed by atoms with Crippen LogP contribution in [0, 0.1) is 11.7 Å². The maximum absolute atomic E-state index is 12.9. The number of oxazole rings is 1. The summed E-state index contributed by atoms with van der Waals surface area (Å²) in [5.74, 6) is -0.274. The third kappa shape index (κ3) is 3.51. The molecule has 1 aliphatic rings. The second-order valence-corrected chi connectivity index (χ2v) is 6.43. The number of hydrogen-bond donors (Lipinski definition) is 1. The quantitative estimate of drug-likeness (QED) is 0.780. The summed E-state index contributed by atoms with van der Waals surface area (Å²) in [6.45, 7) is 1.83. The molecule has 1 fully saturated rings. The Kier molecular flexibility index (Phi) is 4.51. The van der Waals surface area contributed by atoms with E-state index in [2.05, 4.69) is 15.3 Å². The number of fused-ring (bicyclic) bond motifs is 1. The zero-order valence-corrected chi connectivity index (χ0v) is 14.2. The molecule has 0 saturated carbocycles. The third-order valence-corrected chi connectivity index (χ3v) is 4.67. The summed E-state index contributed by atoms with van der Waals surface area (Å²) in [6.07, 6.45) is 3.16. The molecule has 0 radical (unpaired) electrons. The average Bonchev–Trinajstić information content (AvgIpc) is 3.12. The van der Waals surface area contributed by atoms with Gasteiger partial charge in [0.05, 0.1) is 0 Å². The predicted molar refractivity (Wildman–Crippen MR) is 95.0 cm³/mol. The maximum atomic E-state index is 12.9. The number of piperidine rings is 1. The Morgan fingerprint density at radius 1 is 1.23 bits per heavy atom. The zero-order chi connectivity index (χ0) is 17.9. The molecule has 1 aromatic carbocycles. The van der Waals surface area contributed by atoms with Gasteiger partial charge in [-0.3, -0.25) is 4.79 Å². The minimum atomic E-state index is -0.276. The Bertz CT molecular complexity index is 868. The van der Waals surface area contributed by atoms with E-state index in [-0.39, 0.29) is 17.6 Å². The van der Waals surface area contributed by atoms with Gasteiger partial charge in [-0.25, -0.2) is 9.37 Å². The highest BCUT2D eigenvalue weighted by atomic mass is 19.1. The minimum absolute atomic E-state index is 0.0331. The summed E-state index contributed by atoms with van der Waals surface area (Å²) in [5.41, 5.74) is 2.15. The summed E-state index contributed by atoms with van der Waals surface area (Å²) in [6, 6.07) is 10.4. The summed E-state index contributed by atoms with van der Waals surface area (Å²) in [4.78, 5) is 23.0. The maximum Gasteiger partial charge on any atom is 0.299 e. The first-order valence-electron chi connectivity index (χ1n) is 8.68. The highest BCUT2D eigenvalue weighted by molar-refractivity contribution is 5.79. The van der Waals surface area contributed by atoms with Crippen molar-refractivity contribution in [1.82, 2.24) is 15.3 Å². The van der Waals surface area contributed by atoms with Gasteiger partial charge in [0.1, 0.15) is 5.82 Å². The number of nitrogens with zero attached hydrogens (tertiary/aromatic N) is 3. The van der Waals surface area contributed by atoms with Crippen molar-refractivity contribution in [2.24, 2.45) is 5.92 Å². The lowest BCUT2D eigenvalue weighted by Gasteiger charge is -2.30. The number of carbonyl (C=O) groups excluding carboxylic acids is 1. The molecule has 7 heteroatoms. The van der Waals surface area contributed by atoms with Gasteiger partial charge in [0.15, 0.2) is 5.58 Å². The fourth-order valence-electron chi connectivity index (χ4n) is 3.16. The Balaban J connectivity index is 1.31. The van der Waals surface area contributed by atoms with Crippen molar-refractivity contribution in [2.75, 3.05) is 18.0 Å². The number of benzene rings is 1. The molecule has 0 aliphatic carbocycles. The normalized spacial score (nSPS) is 15.3. The van der Waals surface area contributed by atoms with Crippen molar-refractivity contribution in [2.45, 2.75) is 19.4 Å². The lowest BCUT2D eigenvalue weighted by atomic mass is 9.96. The molecule has 1 aliphatic heterocycles. The fourth-order valence-corrected chi connectivity index (χ4v) is 3.16. The molecule has 6 nitrogen and oxygen atoms in total. The van der Waals surface area contributed by atoms with Crippen LogP contribution in [0.1, 0.15) is 18.4 Å². The molecular weight excluding hydrogens is 335 g/mol. The Labute approximate surface area is 150 Å². The number of aromatic nitrogens is 2. The second-order valence-electron chi connectivity index (χ2n) is 6.43. The summed E-state index contributed by atoms with van der Waals surface area (Å²) < 4.78 is 18.7. The number of anilines is 1. The third-order valence-electron chi connectivity index (χ3n) is 4.67. The van der Waals surface area contributed by atoms with Crippen molar-refractivity contribution in [3.63, 3.8) is 0 Å². The van der Waals surface area contributed by atoms with Gasteiger partial charge in [-0.2, -0.15) is 4.98 Å². The molecular formula is C19H19FN4O2. The smallest absolute Gasteiger partial charge is 0.299 e. The van der Waals surface area contributed by atoms with Crippen molar-refractivity contribution in [3.05, 3.63) is 54.0 Å². The molecule has 4 rings (SSSR count). The van der Waals surface area contributed by atoms with Crippen LogP contribution in [0.5, 0.6) is 0 Å². The predicted octanol–water partition coefficient (Wildman–Crippen LogP) is 2.89. The lowest BCUT2D eigenvalue weighted by Crippen LogP contribution is -2.40. The highest BCUT2D eigenvalue weighted by Gasteiger charge is 2.27. The van der Waals surface area contributed by atoms with Crippen LogP contribution in [0.2, 0.25) is 0 Å². The number of rotatable bonds is 4. The van der Waals surface area contributed by atoms with E-state index in [4.69, 9.17) is 4.42 Å². The lowest BCUT2D eigenvalue weighted by molar-refractivity contribution is -0.125. The van der Waals surface area contributed by atoms with Gasteiger partial charge in [-0.05, 0) is 42.7 Å². The topological polar surface area (TPSA) is 71.3 Å². The Hall–Kier alpha value is -2.96. The molecule has 0 bridgehead atoms. The summed E-state index contributed by atoms with van der Waals surface area (Å²) in [7, 11) is 0. The first-order chi connectivity index (χ1) is 12.7. The van der Waals surface area contributed by atoms with E-state index in [0.717, 1.165) is 18.4 Å². The molecule has 0 unspecified atom stereocenters. The number of amides is 1. The van der Waals surface area contributed by atoms with Crippen LogP contribution in [0.25, 0.3) is 11.2 Å². The van der Waals surface area contributed by atoms with Crippen LogP contribution in [-0.4, -0.2) is 29.0 Å². The van der Waals surface area contributed by atoms with Gasteiger partial charge in [0.2, 0.25) is 11.6 Å². The molecule has 0 atom stereocenters. The first-order valence-corrected chi connectivity index (χ1v) is 8.68. The van der Waals surface area contributed by atoms with E-state index in [0.29, 0.717) is 36.9 Å². The van der Waals surface area contributed by atoms with Gasteiger partial charge < -0.3 is 14.6 Å². The largest absolute Gasteiger partial charge is 0.422 e. The molecule has 3 heterocycles. The van der Waals surface area contributed by atoms with Crippen molar-refractivity contribution in [3.8, 4) is 0 Å². The SMILES string of the molecule is O=C(NCc1ccc(F)cc1)C1CCN(c2nc3ncccc3o2)CC1. The van der Waals surface area contributed by atoms with Crippen LogP contribution < -0.4 is 10.2 Å². The van der Waals surface area contributed by atoms with Gasteiger partial charge in [-0.1, -0.05) is 12.1 Å². The molecule has 134 valence electrons. The van der Waals surface area contributed by atoms with E-state index in [9.17, 15) is 9.18 Å². The second kappa shape index (κ2) is 7.11. The molecule has 2 aromatic heterocycles. The van der Waals surface area contributed by atoms with E-state index >= 15 is 0 Å². The minimum Gasteiger partial charge on any atom is -0.422 e. The number of carbonyl (C=O) groups is 1. The van der Waals surface area contributed by atoms with Gasteiger partial charge >= 0.3 is 0 Å². The highest BCUT2D eigenvalue weighted by Crippen LogP contribution is 2.25. The first kappa shape index (κ1) is 16.5. The fraction of sp³-hybridized carbons (Fsp3) is 0.316. The van der Waals surface area contributed by atoms with Crippen LogP contribution in [-0.2, 0) is 11.3 Å². The van der Waals surface area contributed by atoms with E-state index in [1.165, 1.54) is 12.1 Å². The molecule has 1 saturated heterocycles. The summed E-state index contributed by atoms with van der Waals surface area (Å²) in [5, 5.41) is 2.94. The Morgan fingerprint density at radius 2 is 2.00 bits per heavy atom. The number of pyridine rings is 1. The number of halogens is 1. The molecule has 3 aromatic rings. The Morgan fingerprint density at radius 3 is 2.73 bits per heavy atom. The molecule has 26 heavy (non-hydrogen) atoms. The molecule has 1 amide bonds. The van der Waals surface area contributed by atoms with Crippen molar-refractivity contribution < 1.29 is 13.6 Å². The zero-order valence-electron chi connectivity index (χ0n) is 14.2. The molecule has 1 N–H and O–H groups in total. The van der Waals surface area contributed by atoms with E-state index in [1.807, 2.05) is 17.0 Å². The monoisotopic (exact) mass is 354 g/mol. The van der Waals surface area contributed by atoms with E-state index < -0.39 is 0 Å². The van der Waals surface area contributed by atoms with Crippen LogP contribution in [0.3, 0.4) is 0 Å². The standard InChI is InChI=1S/C19H19FN4O2/c20-15-5-3-13(4-6-15)12-22-18(25)14-7-10-24(11-8-14)19-23-17-16(26-19)2-1-9-21-17/h1-6,9,14H,7-8,10-12H2,(H,22,25). The molecule has 0 spiro atoms.